The molecule has 1 aliphatic rings. The predicted octanol–water partition coefficient (Wildman–Crippen LogP) is 2.31. The number of amides is 2. The van der Waals surface area contributed by atoms with Crippen molar-refractivity contribution in [3.05, 3.63) is 65.7 Å². The fourth-order valence-corrected chi connectivity index (χ4v) is 2.99. The third kappa shape index (κ3) is 3.99. The van der Waals surface area contributed by atoms with E-state index < -0.39 is 0 Å². The first-order chi connectivity index (χ1) is 12.1. The van der Waals surface area contributed by atoms with Gasteiger partial charge in [0, 0.05) is 24.7 Å². The van der Waals surface area contributed by atoms with Crippen LogP contribution in [0.1, 0.15) is 28.8 Å². The summed E-state index contributed by atoms with van der Waals surface area (Å²) in [5.74, 6) is -0.251. The Hall–Kier alpha value is -2.82. The van der Waals surface area contributed by atoms with Gasteiger partial charge in [0.1, 0.15) is 0 Å². The topological polar surface area (TPSA) is 70.2 Å². The number of benzene rings is 2. The summed E-state index contributed by atoms with van der Waals surface area (Å²) in [6, 6.07) is 17.5. The Labute approximate surface area is 147 Å². The number of para-hydroxylation sites is 1. The van der Waals surface area contributed by atoms with Crippen LogP contribution in [0.2, 0.25) is 0 Å². The molecule has 5 heteroatoms. The van der Waals surface area contributed by atoms with E-state index in [1.807, 2.05) is 24.3 Å². The van der Waals surface area contributed by atoms with E-state index in [1.165, 1.54) is 5.56 Å². The molecule has 0 spiro atoms. The molecule has 1 fully saturated rings. The Kier molecular flexibility index (Phi) is 5.03. The minimum Gasteiger partial charge on any atom is -0.376 e. The number of carbonyl (C=O) groups is 2. The van der Waals surface area contributed by atoms with Gasteiger partial charge in [0.25, 0.3) is 5.91 Å². The normalized spacial score (nSPS) is 14.4. The van der Waals surface area contributed by atoms with Crippen LogP contribution in [0, 0.1) is 0 Å². The molecule has 3 rings (SSSR count). The molecule has 0 aromatic heterocycles. The van der Waals surface area contributed by atoms with Gasteiger partial charge in [-0.1, -0.05) is 42.5 Å². The van der Waals surface area contributed by atoms with Gasteiger partial charge >= 0.3 is 0 Å². The number of hydrogen-bond donors (Lipinski definition) is 3. The molecule has 0 radical (unpaired) electrons. The second-order valence-electron chi connectivity index (χ2n) is 6.40. The highest BCUT2D eigenvalue weighted by Gasteiger charge is 2.44. The summed E-state index contributed by atoms with van der Waals surface area (Å²) in [6.45, 7) is 0.785. The molecule has 130 valence electrons. The first-order valence-corrected chi connectivity index (χ1v) is 8.52. The molecule has 2 amide bonds. The molecular weight excluding hydrogens is 314 g/mol. The van der Waals surface area contributed by atoms with E-state index in [9.17, 15) is 9.59 Å². The third-order valence-corrected chi connectivity index (χ3v) is 4.70. The fraction of sp³-hybridized carbons (Fsp3) is 0.300. The highest BCUT2D eigenvalue weighted by molar-refractivity contribution is 5.99. The Morgan fingerprint density at radius 1 is 1.00 bits per heavy atom. The molecule has 2 aromatic carbocycles. The van der Waals surface area contributed by atoms with Gasteiger partial charge < -0.3 is 16.0 Å². The van der Waals surface area contributed by atoms with E-state index in [2.05, 4.69) is 28.1 Å². The molecule has 0 bridgehead atoms. The maximum atomic E-state index is 12.2. The molecule has 0 saturated heterocycles. The highest BCUT2D eigenvalue weighted by Crippen LogP contribution is 2.47. The van der Waals surface area contributed by atoms with Gasteiger partial charge in [-0.3, -0.25) is 9.59 Å². The molecular formula is C20H23N3O2. The number of rotatable bonds is 7. The average molecular weight is 337 g/mol. The zero-order valence-electron chi connectivity index (χ0n) is 14.3. The van der Waals surface area contributed by atoms with Crippen molar-refractivity contribution in [2.75, 3.05) is 25.5 Å². The lowest BCUT2D eigenvalue weighted by Crippen LogP contribution is -2.36. The van der Waals surface area contributed by atoms with Crippen LogP contribution in [-0.4, -0.2) is 32.0 Å². The Morgan fingerprint density at radius 2 is 1.68 bits per heavy atom. The molecule has 2 aromatic rings. The molecule has 1 saturated carbocycles. The van der Waals surface area contributed by atoms with E-state index >= 15 is 0 Å². The minimum absolute atomic E-state index is 0.0751. The predicted molar refractivity (Wildman–Crippen MR) is 98.7 cm³/mol. The van der Waals surface area contributed by atoms with Crippen LogP contribution in [-0.2, 0) is 10.2 Å². The highest BCUT2D eigenvalue weighted by atomic mass is 16.2. The van der Waals surface area contributed by atoms with Crippen molar-refractivity contribution in [2.45, 2.75) is 18.3 Å². The van der Waals surface area contributed by atoms with Gasteiger partial charge in [-0.05, 0) is 30.5 Å². The minimum atomic E-state index is -0.176. The Balaban J connectivity index is 1.54. The third-order valence-electron chi connectivity index (χ3n) is 4.70. The maximum Gasteiger partial charge on any atom is 0.253 e. The van der Waals surface area contributed by atoms with Crippen molar-refractivity contribution in [1.82, 2.24) is 10.6 Å². The van der Waals surface area contributed by atoms with Gasteiger partial charge in [0.2, 0.25) is 5.91 Å². The van der Waals surface area contributed by atoms with Crippen molar-refractivity contribution in [2.24, 2.45) is 0 Å². The lowest BCUT2D eigenvalue weighted by atomic mass is 9.96. The maximum absolute atomic E-state index is 12.2. The molecule has 0 unspecified atom stereocenters. The number of hydrogen-bond acceptors (Lipinski definition) is 3. The zero-order valence-corrected chi connectivity index (χ0v) is 14.3. The molecule has 25 heavy (non-hydrogen) atoms. The van der Waals surface area contributed by atoms with Crippen molar-refractivity contribution in [1.29, 1.82) is 0 Å². The molecule has 0 aliphatic heterocycles. The van der Waals surface area contributed by atoms with E-state index in [4.69, 9.17) is 0 Å². The summed E-state index contributed by atoms with van der Waals surface area (Å²) in [5, 5.41) is 8.67. The van der Waals surface area contributed by atoms with E-state index in [-0.39, 0.29) is 23.8 Å². The zero-order chi connectivity index (χ0) is 17.7. The molecule has 0 atom stereocenters. The molecule has 1 aliphatic carbocycles. The summed E-state index contributed by atoms with van der Waals surface area (Å²) in [5.41, 5.74) is 2.56. The lowest BCUT2D eigenvalue weighted by Gasteiger charge is -2.17. The molecule has 5 nitrogen and oxygen atoms in total. The monoisotopic (exact) mass is 337 g/mol. The van der Waals surface area contributed by atoms with Crippen LogP contribution in [0.4, 0.5) is 5.69 Å². The van der Waals surface area contributed by atoms with Gasteiger partial charge in [0.15, 0.2) is 0 Å². The lowest BCUT2D eigenvalue weighted by molar-refractivity contribution is -0.119. The average Bonchev–Trinajstić information content (AvgIpc) is 3.46. The van der Waals surface area contributed by atoms with Crippen molar-refractivity contribution >= 4 is 17.5 Å². The van der Waals surface area contributed by atoms with E-state index in [0.717, 1.165) is 12.8 Å². The van der Waals surface area contributed by atoms with Gasteiger partial charge in [-0.25, -0.2) is 0 Å². The summed E-state index contributed by atoms with van der Waals surface area (Å²) < 4.78 is 0. The van der Waals surface area contributed by atoms with Gasteiger partial charge in [0.05, 0.1) is 12.1 Å². The second-order valence-corrected chi connectivity index (χ2v) is 6.40. The summed E-state index contributed by atoms with van der Waals surface area (Å²) in [4.78, 5) is 24.0. The summed E-state index contributed by atoms with van der Waals surface area (Å²) in [6.07, 6.45) is 2.20. The van der Waals surface area contributed by atoms with Crippen LogP contribution >= 0.6 is 0 Å². The summed E-state index contributed by atoms with van der Waals surface area (Å²) in [7, 11) is 1.59. The van der Waals surface area contributed by atoms with Gasteiger partial charge in [-0.2, -0.15) is 0 Å². The standard InChI is InChI=1S/C20H23N3O2/c1-21-19(25)16-9-5-6-10-17(16)22-13-18(24)23-14-20(11-12-20)15-7-3-2-4-8-15/h2-10,22H,11-14H2,1H3,(H,21,25)(H,23,24). The smallest absolute Gasteiger partial charge is 0.253 e. The van der Waals surface area contributed by atoms with Gasteiger partial charge in [-0.15, -0.1) is 0 Å². The quantitative estimate of drug-likeness (QED) is 0.726. The summed E-state index contributed by atoms with van der Waals surface area (Å²) >= 11 is 0. The largest absolute Gasteiger partial charge is 0.376 e. The first-order valence-electron chi connectivity index (χ1n) is 8.52. The van der Waals surface area contributed by atoms with Crippen LogP contribution in [0.15, 0.2) is 54.6 Å². The van der Waals surface area contributed by atoms with E-state index in [0.29, 0.717) is 17.8 Å². The van der Waals surface area contributed by atoms with Crippen LogP contribution in [0.5, 0.6) is 0 Å². The SMILES string of the molecule is CNC(=O)c1ccccc1NCC(=O)NCC1(c2ccccc2)CC1. The Morgan fingerprint density at radius 3 is 2.36 bits per heavy atom. The first kappa shape index (κ1) is 17.0. The van der Waals surface area contributed by atoms with E-state index in [1.54, 1.807) is 25.2 Å². The second kappa shape index (κ2) is 7.38. The van der Waals surface area contributed by atoms with Crippen molar-refractivity contribution in [3.8, 4) is 0 Å². The molecule has 0 heterocycles. The Bertz CT molecular complexity index is 755. The van der Waals surface area contributed by atoms with Crippen molar-refractivity contribution in [3.63, 3.8) is 0 Å². The molecule has 3 N–H and O–H groups in total. The number of nitrogens with one attached hydrogen (secondary N) is 3. The van der Waals surface area contributed by atoms with Crippen LogP contribution in [0.3, 0.4) is 0 Å². The van der Waals surface area contributed by atoms with Crippen LogP contribution < -0.4 is 16.0 Å². The number of anilines is 1. The fourth-order valence-electron chi connectivity index (χ4n) is 2.99. The van der Waals surface area contributed by atoms with Crippen molar-refractivity contribution < 1.29 is 9.59 Å². The van der Waals surface area contributed by atoms with Crippen LogP contribution in [0.25, 0.3) is 0 Å². The number of carbonyl (C=O) groups excluding carboxylic acids is 2.